The summed E-state index contributed by atoms with van der Waals surface area (Å²) in [5.74, 6) is -0.534. The highest BCUT2D eigenvalue weighted by Crippen LogP contribution is 2.28. The number of hydrogen-bond acceptors (Lipinski definition) is 7. The number of aliphatic hydroxyl groups is 1. The summed E-state index contributed by atoms with van der Waals surface area (Å²) in [4.78, 5) is 8.15. The number of ether oxygens (including phenoxy) is 1. The summed E-state index contributed by atoms with van der Waals surface area (Å²) >= 11 is 1.37. The lowest BCUT2D eigenvalue weighted by Crippen LogP contribution is -2.28. The number of aryl methyl sites for hydroxylation is 1. The topological polar surface area (TPSA) is 105 Å². The first-order valence-corrected chi connectivity index (χ1v) is 7.42. The van der Waals surface area contributed by atoms with Crippen LogP contribution in [0.1, 0.15) is 28.8 Å². The molecule has 3 N–H and O–H groups in total. The van der Waals surface area contributed by atoms with Crippen LogP contribution in [0.2, 0.25) is 0 Å². The Hall–Kier alpha value is -1.79. The van der Waals surface area contributed by atoms with Crippen LogP contribution in [0.4, 0.5) is 4.39 Å². The van der Waals surface area contributed by atoms with E-state index in [1.54, 1.807) is 11.6 Å². The zero-order valence-corrected chi connectivity index (χ0v) is 13.9. The molecule has 124 valence electrons. The molecule has 0 aromatic carbocycles. The number of aliphatic hydroxyl groups excluding tert-OH is 1. The van der Waals surface area contributed by atoms with Crippen molar-refractivity contribution in [3.05, 3.63) is 39.7 Å². The summed E-state index contributed by atoms with van der Waals surface area (Å²) in [6.45, 7) is 1.29. The second kappa shape index (κ2) is 8.74. The maximum absolute atomic E-state index is 13.5. The fourth-order valence-electron chi connectivity index (χ4n) is 1.81. The smallest absolute Gasteiger partial charge is 0.232 e. The SMILES string of the molecule is Cc1nc(O[C@H](C[C@H](N)CO)c2nccs2)c(C#N)cc1F.Cl. The minimum Gasteiger partial charge on any atom is -0.466 e. The minimum absolute atomic E-state index is 0. The van der Waals surface area contributed by atoms with Gasteiger partial charge in [-0.2, -0.15) is 5.26 Å². The van der Waals surface area contributed by atoms with E-state index < -0.39 is 18.0 Å². The summed E-state index contributed by atoms with van der Waals surface area (Å²) in [5.41, 5.74) is 5.90. The third-order valence-electron chi connectivity index (χ3n) is 2.97. The van der Waals surface area contributed by atoms with E-state index in [4.69, 9.17) is 20.8 Å². The fourth-order valence-corrected chi connectivity index (χ4v) is 2.48. The van der Waals surface area contributed by atoms with Crippen molar-refractivity contribution in [1.29, 1.82) is 5.26 Å². The van der Waals surface area contributed by atoms with Gasteiger partial charge in [0.25, 0.3) is 0 Å². The van der Waals surface area contributed by atoms with Gasteiger partial charge in [0.1, 0.15) is 22.5 Å². The largest absolute Gasteiger partial charge is 0.466 e. The Morgan fingerprint density at radius 1 is 1.57 bits per heavy atom. The number of hydrogen-bond donors (Lipinski definition) is 2. The molecule has 0 bridgehead atoms. The molecule has 0 aliphatic carbocycles. The Kier molecular flexibility index (Phi) is 7.32. The monoisotopic (exact) mass is 358 g/mol. The first kappa shape index (κ1) is 19.3. The highest BCUT2D eigenvalue weighted by Gasteiger charge is 2.22. The van der Waals surface area contributed by atoms with Crippen LogP contribution >= 0.6 is 23.7 Å². The van der Waals surface area contributed by atoms with Crippen LogP contribution in [-0.2, 0) is 0 Å². The number of rotatable bonds is 6. The minimum atomic E-state index is -0.568. The van der Waals surface area contributed by atoms with E-state index in [-0.39, 0.29) is 36.2 Å². The summed E-state index contributed by atoms with van der Waals surface area (Å²) in [6.07, 6.45) is 1.36. The highest BCUT2D eigenvalue weighted by molar-refractivity contribution is 7.09. The van der Waals surface area contributed by atoms with Crippen molar-refractivity contribution >= 4 is 23.7 Å². The summed E-state index contributed by atoms with van der Waals surface area (Å²) in [6, 6.07) is 2.44. The van der Waals surface area contributed by atoms with Crippen LogP contribution in [0.3, 0.4) is 0 Å². The van der Waals surface area contributed by atoms with Crippen molar-refractivity contribution in [2.24, 2.45) is 5.73 Å². The Bertz CT molecular complexity index is 678. The van der Waals surface area contributed by atoms with Gasteiger partial charge in [-0.3, -0.25) is 0 Å². The van der Waals surface area contributed by atoms with Crippen molar-refractivity contribution in [3.63, 3.8) is 0 Å². The third-order valence-corrected chi connectivity index (χ3v) is 3.84. The molecule has 0 aliphatic heterocycles. The molecule has 0 saturated heterocycles. The average molecular weight is 359 g/mol. The van der Waals surface area contributed by atoms with E-state index in [0.717, 1.165) is 6.07 Å². The molecule has 0 radical (unpaired) electrons. The van der Waals surface area contributed by atoms with Gasteiger partial charge in [-0.25, -0.2) is 14.4 Å². The van der Waals surface area contributed by atoms with E-state index in [1.165, 1.54) is 18.3 Å². The molecule has 6 nitrogen and oxygen atoms in total. The highest BCUT2D eigenvalue weighted by atomic mass is 35.5. The van der Waals surface area contributed by atoms with E-state index >= 15 is 0 Å². The molecule has 2 heterocycles. The van der Waals surface area contributed by atoms with Gasteiger partial charge in [-0.1, -0.05) is 0 Å². The van der Waals surface area contributed by atoms with Crippen molar-refractivity contribution in [2.45, 2.75) is 25.5 Å². The average Bonchev–Trinajstić information content (AvgIpc) is 3.04. The molecule has 23 heavy (non-hydrogen) atoms. The van der Waals surface area contributed by atoms with Crippen molar-refractivity contribution < 1.29 is 14.2 Å². The van der Waals surface area contributed by atoms with Gasteiger partial charge < -0.3 is 15.6 Å². The molecule has 0 saturated carbocycles. The summed E-state index contributed by atoms with van der Waals surface area (Å²) in [7, 11) is 0. The number of aromatic nitrogens is 2. The van der Waals surface area contributed by atoms with Gasteiger partial charge >= 0.3 is 0 Å². The molecule has 0 unspecified atom stereocenters. The van der Waals surface area contributed by atoms with Crippen LogP contribution < -0.4 is 10.5 Å². The predicted octanol–water partition coefficient (Wildman–Crippen LogP) is 2.11. The van der Waals surface area contributed by atoms with Gasteiger partial charge in [0.05, 0.1) is 12.3 Å². The molecular formula is C14H16ClFN4O2S. The Labute approximate surface area is 143 Å². The Balaban J connectivity index is 0.00000264. The van der Waals surface area contributed by atoms with Gasteiger partial charge in [0, 0.05) is 24.0 Å². The summed E-state index contributed by atoms with van der Waals surface area (Å²) in [5, 5.41) is 20.6. The normalized spacial score (nSPS) is 12.8. The van der Waals surface area contributed by atoms with E-state index in [9.17, 15) is 4.39 Å². The van der Waals surface area contributed by atoms with Crippen LogP contribution in [0, 0.1) is 24.1 Å². The molecule has 9 heteroatoms. The predicted molar refractivity (Wildman–Crippen MR) is 86.1 cm³/mol. The van der Waals surface area contributed by atoms with Crippen LogP contribution in [0.15, 0.2) is 17.6 Å². The van der Waals surface area contributed by atoms with E-state index in [0.29, 0.717) is 11.4 Å². The zero-order valence-electron chi connectivity index (χ0n) is 12.3. The van der Waals surface area contributed by atoms with Crippen LogP contribution in [-0.4, -0.2) is 27.7 Å². The van der Waals surface area contributed by atoms with Crippen molar-refractivity contribution in [3.8, 4) is 11.9 Å². The van der Waals surface area contributed by atoms with Crippen LogP contribution in [0.5, 0.6) is 5.88 Å². The fraction of sp³-hybridized carbons (Fsp3) is 0.357. The molecule has 0 aliphatic rings. The molecular weight excluding hydrogens is 343 g/mol. The number of nitriles is 1. The van der Waals surface area contributed by atoms with Crippen molar-refractivity contribution in [2.75, 3.05) is 6.61 Å². The molecule has 2 aromatic heterocycles. The number of thiazole rings is 1. The number of nitrogens with two attached hydrogens (primary N) is 1. The first-order valence-electron chi connectivity index (χ1n) is 6.54. The number of pyridine rings is 1. The lowest BCUT2D eigenvalue weighted by Gasteiger charge is -2.20. The molecule has 0 amide bonds. The van der Waals surface area contributed by atoms with Crippen LogP contribution in [0.25, 0.3) is 0 Å². The standard InChI is InChI=1S/C14H15FN4O2S.ClH/c1-8-11(15)4-9(6-16)13(19-8)21-12(5-10(17)7-20)14-18-2-3-22-14;/h2-4,10,12,20H,5,7,17H2,1H3;1H/t10-,12+;/m0./s1. The maximum atomic E-state index is 13.5. The Morgan fingerprint density at radius 3 is 2.87 bits per heavy atom. The van der Waals surface area contributed by atoms with Gasteiger partial charge in [0.2, 0.25) is 5.88 Å². The molecule has 2 atom stereocenters. The van der Waals surface area contributed by atoms with Gasteiger partial charge in [-0.15, -0.1) is 23.7 Å². The second-order valence-corrected chi connectivity index (χ2v) is 5.60. The van der Waals surface area contributed by atoms with Crippen molar-refractivity contribution in [1.82, 2.24) is 9.97 Å². The molecule has 0 fully saturated rings. The number of halogens is 2. The second-order valence-electron chi connectivity index (χ2n) is 4.68. The summed E-state index contributed by atoms with van der Waals surface area (Å²) < 4.78 is 19.2. The molecule has 2 rings (SSSR count). The Morgan fingerprint density at radius 2 is 2.30 bits per heavy atom. The van der Waals surface area contributed by atoms with Gasteiger partial charge in [-0.05, 0) is 13.0 Å². The lowest BCUT2D eigenvalue weighted by molar-refractivity contribution is 0.155. The number of nitrogens with zero attached hydrogens (tertiary/aromatic N) is 3. The lowest BCUT2D eigenvalue weighted by atomic mass is 10.1. The quantitative estimate of drug-likeness (QED) is 0.819. The maximum Gasteiger partial charge on any atom is 0.232 e. The van der Waals surface area contributed by atoms with Gasteiger partial charge in [0.15, 0.2) is 6.10 Å². The zero-order chi connectivity index (χ0) is 16.1. The molecule has 0 spiro atoms. The third kappa shape index (κ3) is 4.84. The van der Waals surface area contributed by atoms with E-state index in [2.05, 4.69) is 9.97 Å². The molecule has 2 aromatic rings. The first-order chi connectivity index (χ1) is 10.5. The van der Waals surface area contributed by atoms with E-state index in [1.807, 2.05) is 6.07 Å².